The van der Waals surface area contributed by atoms with Gasteiger partial charge in [0.05, 0.1) is 6.04 Å². The minimum Gasteiger partial charge on any atom is -0.372 e. The SMILES string of the molecule is CN=C(NCC1CCCN(CC(C)C)C1)NC(C)c1cccc(N2CCCC2)c1. The maximum absolute atomic E-state index is 4.48. The zero-order chi connectivity index (χ0) is 20.6. The van der Waals surface area contributed by atoms with Crippen molar-refractivity contribution >= 4 is 11.6 Å². The van der Waals surface area contributed by atoms with Gasteiger partial charge in [-0.2, -0.15) is 0 Å². The molecule has 5 nitrogen and oxygen atoms in total. The molecule has 2 aliphatic rings. The zero-order valence-corrected chi connectivity index (χ0v) is 19.0. The van der Waals surface area contributed by atoms with Gasteiger partial charge in [0.2, 0.25) is 0 Å². The Labute approximate surface area is 178 Å². The predicted octanol–water partition coefficient (Wildman–Crippen LogP) is 3.88. The van der Waals surface area contributed by atoms with Crippen LogP contribution in [-0.4, -0.2) is 57.2 Å². The van der Waals surface area contributed by atoms with Crippen LogP contribution in [0.3, 0.4) is 0 Å². The first-order valence-electron chi connectivity index (χ1n) is 11.6. The van der Waals surface area contributed by atoms with E-state index in [-0.39, 0.29) is 6.04 Å². The number of benzene rings is 1. The molecule has 5 heteroatoms. The fraction of sp³-hybridized carbons (Fsp3) is 0.708. The van der Waals surface area contributed by atoms with Crippen molar-refractivity contribution < 1.29 is 0 Å². The summed E-state index contributed by atoms with van der Waals surface area (Å²) in [6.07, 6.45) is 5.24. The van der Waals surface area contributed by atoms with Crippen LogP contribution in [-0.2, 0) is 0 Å². The number of anilines is 1. The van der Waals surface area contributed by atoms with Crippen molar-refractivity contribution in [2.45, 2.75) is 52.5 Å². The number of rotatable bonds is 7. The molecule has 3 rings (SSSR count). The largest absolute Gasteiger partial charge is 0.372 e. The van der Waals surface area contributed by atoms with E-state index in [1.807, 2.05) is 7.05 Å². The average Bonchev–Trinajstić information content (AvgIpc) is 3.26. The number of nitrogens with zero attached hydrogens (tertiary/aromatic N) is 3. The molecule has 2 N–H and O–H groups in total. The fourth-order valence-corrected chi connectivity index (χ4v) is 4.69. The Kier molecular flexibility index (Phi) is 8.22. The summed E-state index contributed by atoms with van der Waals surface area (Å²) in [6.45, 7) is 13.9. The number of piperidine rings is 1. The molecule has 0 aromatic heterocycles. The molecule has 0 radical (unpaired) electrons. The van der Waals surface area contributed by atoms with Crippen molar-refractivity contribution in [2.24, 2.45) is 16.8 Å². The molecule has 2 atom stereocenters. The number of guanidine groups is 1. The second-order valence-corrected chi connectivity index (χ2v) is 9.27. The van der Waals surface area contributed by atoms with E-state index in [1.54, 1.807) is 0 Å². The van der Waals surface area contributed by atoms with E-state index in [2.05, 4.69) is 70.5 Å². The number of nitrogens with one attached hydrogen (secondary N) is 2. The quantitative estimate of drug-likeness (QED) is 0.539. The topological polar surface area (TPSA) is 42.9 Å². The molecular weight excluding hydrogens is 358 g/mol. The lowest BCUT2D eigenvalue weighted by atomic mass is 9.97. The monoisotopic (exact) mass is 399 g/mol. The van der Waals surface area contributed by atoms with Gasteiger partial charge in [0.25, 0.3) is 0 Å². The Morgan fingerprint density at radius 1 is 1.14 bits per heavy atom. The van der Waals surface area contributed by atoms with Crippen LogP contribution < -0.4 is 15.5 Å². The van der Waals surface area contributed by atoms with E-state index >= 15 is 0 Å². The van der Waals surface area contributed by atoms with Crippen LogP contribution in [0.5, 0.6) is 0 Å². The van der Waals surface area contributed by atoms with Gasteiger partial charge in [-0.05, 0) is 68.7 Å². The number of likely N-dealkylation sites (tertiary alicyclic amines) is 1. The van der Waals surface area contributed by atoms with E-state index in [0.29, 0.717) is 5.92 Å². The summed E-state index contributed by atoms with van der Waals surface area (Å²) >= 11 is 0. The molecule has 0 bridgehead atoms. The van der Waals surface area contributed by atoms with Crippen molar-refractivity contribution in [2.75, 3.05) is 51.2 Å². The normalized spacial score (nSPS) is 22.2. The number of hydrogen-bond donors (Lipinski definition) is 2. The van der Waals surface area contributed by atoms with Gasteiger partial charge in [-0.15, -0.1) is 0 Å². The Hall–Kier alpha value is -1.75. The summed E-state index contributed by atoms with van der Waals surface area (Å²) in [5, 5.41) is 7.18. The third-order valence-corrected chi connectivity index (χ3v) is 6.20. The Bertz CT molecular complexity index is 650. The lowest BCUT2D eigenvalue weighted by Gasteiger charge is -2.34. The van der Waals surface area contributed by atoms with E-state index in [1.165, 1.54) is 69.7 Å². The van der Waals surface area contributed by atoms with E-state index in [9.17, 15) is 0 Å². The van der Waals surface area contributed by atoms with Gasteiger partial charge in [-0.3, -0.25) is 4.99 Å². The molecule has 0 amide bonds. The van der Waals surface area contributed by atoms with Crippen molar-refractivity contribution in [3.63, 3.8) is 0 Å². The Balaban J connectivity index is 1.50. The minimum atomic E-state index is 0.229. The lowest BCUT2D eigenvalue weighted by Crippen LogP contribution is -2.45. The summed E-state index contributed by atoms with van der Waals surface area (Å²) in [4.78, 5) is 9.60. The third-order valence-electron chi connectivity index (χ3n) is 6.20. The van der Waals surface area contributed by atoms with E-state index in [4.69, 9.17) is 0 Å². The lowest BCUT2D eigenvalue weighted by molar-refractivity contribution is 0.159. The molecule has 2 fully saturated rings. The van der Waals surface area contributed by atoms with Crippen molar-refractivity contribution in [1.82, 2.24) is 15.5 Å². The standard InChI is InChI=1S/C24H41N5/c1-19(2)17-28-12-8-9-21(18-28)16-26-24(25-4)27-20(3)22-10-7-11-23(15-22)29-13-5-6-14-29/h7,10-11,15,19-21H,5-6,8-9,12-14,16-18H2,1-4H3,(H2,25,26,27). The average molecular weight is 400 g/mol. The van der Waals surface area contributed by atoms with Gasteiger partial charge in [0, 0.05) is 45.5 Å². The van der Waals surface area contributed by atoms with Crippen LogP contribution in [0.2, 0.25) is 0 Å². The van der Waals surface area contributed by atoms with Crippen LogP contribution in [0.1, 0.15) is 58.1 Å². The Morgan fingerprint density at radius 2 is 1.93 bits per heavy atom. The predicted molar refractivity (Wildman–Crippen MR) is 125 cm³/mol. The molecule has 162 valence electrons. The maximum atomic E-state index is 4.48. The molecule has 2 unspecified atom stereocenters. The first-order chi connectivity index (χ1) is 14.0. The number of aliphatic imine (C=N–C) groups is 1. The van der Waals surface area contributed by atoms with Gasteiger partial charge >= 0.3 is 0 Å². The van der Waals surface area contributed by atoms with Gasteiger partial charge in [-0.1, -0.05) is 26.0 Å². The molecule has 1 aromatic rings. The third kappa shape index (κ3) is 6.63. The highest BCUT2D eigenvalue weighted by Crippen LogP contribution is 2.24. The molecule has 1 aromatic carbocycles. The van der Waals surface area contributed by atoms with Crippen LogP contribution in [0.15, 0.2) is 29.3 Å². The van der Waals surface area contributed by atoms with Gasteiger partial charge in [0.15, 0.2) is 5.96 Å². The molecule has 2 saturated heterocycles. The first-order valence-corrected chi connectivity index (χ1v) is 11.6. The van der Waals surface area contributed by atoms with Crippen molar-refractivity contribution in [3.8, 4) is 0 Å². The highest BCUT2D eigenvalue weighted by Gasteiger charge is 2.21. The maximum Gasteiger partial charge on any atom is 0.191 e. The van der Waals surface area contributed by atoms with E-state index in [0.717, 1.165) is 18.4 Å². The smallest absolute Gasteiger partial charge is 0.191 e. The molecule has 0 aliphatic carbocycles. The van der Waals surface area contributed by atoms with Gasteiger partial charge in [0.1, 0.15) is 0 Å². The Morgan fingerprint density at radius 3 is 2.66 bits per heavy atom. The van der Waals surface area contributed by atoms with Crippen LogP contribution in [0, 0.1) is 11.8 Å². The van der Waals surface area contributed by atoms with Crippen LogP contribution in [0.4, 0.5) is 5.69 Å². The summed E-state index contributed by atoms with van der Waals surface area (Å²) in [6, 6.07) is 9.20. The highest BCUT2D eigenvalue weighted by molar-refractivity contribution is 5.80. The minimum absolute atomic E-state index is 0.229. The second kappa shape index (κ2) is 10.9. The highest BCUT2D eigenvalue weighted by atomic mass is 15.2. The second-order valence-electron chi connectivity index (χ2n) is 9.27. The summed E-state index contributed by atoms with van der Waals surface area (Å²) in [5.41, 5.74) is 2.67. The fourth-order valence-electron chi connectivity index (χ4n) is 4.69. The molecular formula is C24H41N5. The van der Waals surface area contributed by atoms with Gasteiger partial charge in [-0.25, -0.2) is 0 Å². The van der Waals surface area contributed by atoms with Crippen molar-refractivity contribution in [1.29, 1.82) is 0 Å². The first kappa shape index (κ1) is 21.9. The zero-order valence-electron chi connectivity index (χ0n) is 19.0. The summed E-state index contributed by atoms with van der Waals surface area (Å²) < 4.78 is 0. The van der Waals surface area contributed by atoms with Gasteiger partial charge < -0.3 is 20.4 Å². The molecule has 2 aliphatic heterocycles. The van der Waals surface area contributed by atoms with Crippen LogP contribution in [0.25, 0.3) is 0 Å². The number of hydrogen-bond acceptors (Lipinski definition) is 3. The summed E-state index contributed by atoms with van der Waals surface area (Å²) in [5.74, 6) is 2.35. The summed E-state index contributed by atoms with van der Waals surface area (Å²) in [7, 11) is 1.87. The molecule has 0 saturated carbocycles. The molecule has 2 heterocycles. The van der Waals surface area contributed by atoms with Crippen LogP contribution >= 0.6 is 0 Å². The molecule has 29 heavy (non-hydrogen) atoms. The molecule has 0 spiro atoms. The van der Waals surface area contributed by atoms with Crippen molar-refractivity contribution in [3.05, 3.63) is 29.8 Å². The van der Waals surface area contributed by atoms with E-state index < -0.39 is 0 Å².